The van der Waals surface area contributed by atoms with Crippen LogP contribution in [0.1, 0.15) is 23.1 Å². The Hall–Kier alpha value is -2.65. The first kappa shape index (κ1) is 16.8. The molecular weight excluding hydrogens is 352 g/mol. The smallest absolute Gasteiger partial charge is 0.261 e. The van der Waals surface area contributed by atoms with Gasteiger partial charge < -0.3 is 0 Å². The normalized spacial score (nSPS) is 22.8. The quantitative estimate of drug-likeness (QED) is 0.799. The van der Waals surface area contributed by atoms with E-state index in [1.54, 1.807) is 4.68 Å². The van der Waals surface area contributed by atoms with Crippen LogP contribution in [0, 0.1) is 13.8 Å². The number of aliphatic imine (C=N–C) groups is 1. The lowest BCUT2D eigenvalue weighted by atomic mass is 10.1. The molecule has 1 aromatic heterocycles. The van der Waals surface area contributed by atoms with Gasteiger partial charge in [-0.15, -0.1) is 5.10 Å². The van der Waals surface area contributed by atoms with E-state index in [4.69, 9.17) is 4.84 Å². The predicted octanol–water partition coefficient (Wildman–Crippen LogP) is 1.68. The van der Waals surface area contributed by atoms with Crippen molar-refractivity contribution in [1.29, 1.82) is 0 Å². The zero-order valence-corrected chi connectivity index (χ0v) is 15.2. The third-order valence-corrected chi connectivity index (χ3v) is 5.20. The zero-order chi connectivity index (χ0) is 18.1. The highest BCUT2D eigenvalue weighted by atomic mass is 32.2. The lowest BCUT2D eigenvalue weighted by Gasteiger charge is -2.12. The summed E-state index contributed by atoms with van der Waals surface area (Å²) in [7, 11) is 0. The van der Waals surface area contributed by atoms with Crippen molar-refractivity contribution in [2.45, 2.75) is 31.7 Å². The Balaban J connectivity index is 1.39. The first-order chi connectivity index (χ1) is 12.6. The Kier molecular flexibility index (Phi) is 4.48. The Labute approximate surface area is 154 Å². The summed E-state index contributed by atoms with van der Waals surface area (Å²) in [6.07, 6.45) is -0.141. The summed E-state index contributed by atoms with van der Waals surface area (Å²) in [5, 5.41) is 8.90. The second kappa shape index (κ2) is 6.93. The summed E-state index contributed by atoms with van der Waals surface area (Å²) in [6.45, 7) is 3.92. The molecule has 1 saturated heterocycles. The molecule has 2 N–H and O–H groups in total. The van der Waals surface area contributed by atoms with Gasteiger partial charge in [0.15, 0.2) is 0 Å². The van der Waals surface area contributed by atoms with E-state index in [1.165, 1.54) is 11.8 Å². The maximum absolute atomic E-state index is 12.1. The second-order valence-corrected chi connectivity index (χ2v) is 7.21. The Bertz CT molecular complexity index is 892. The number of aromatic nitrogens is 2. The van der Waals surface area contributed by atoms with Crippen molar-refractivity contribution < 1.29 is 9.63 Å². The molecule has 9 heteroatoms. The highest BCUT2D eigenvalue weighted by Gasteiger charge is 2.41. The largest absolute Gasteiger partial charge is 0.271 e. The van der Waals surface area contributed by atoms with Gasteiger partial charge in [-0.3, -0.25) is 19.8 Å². The SMILES string of the molecule is Cc1cc(C)n(CC(=O)N/N=C2/N=C3NOC(c4ccccc4)C3S2)n1. The van der Waals surface area contributed by atoms with E-state index >= 15 is 0 Å². The number of hydrogen-bond donors (Lipinski definition) is 2. The molecule has 2 aliphatic heterocycles. The standard InChI is InChI=1S/C17H18N6O2S/c1-10-8-11(2)23(21-10)9-13(24)19-20-17-18-16-15(26-17)14(25-22-16)12-6-4-3-5-7-12/h3-8,14-15H,9H2,1-2H3,(H,19,24)(H,18,20,22). The number of nitrogens with zero attached hydrogens (tertiary/aromatic N) is 4. The van der Waals surface area contributed by atoms with E-state index in [0.29, 0.717) is 5.17 Å². The summed E-state index contributed by atoms with van der Waals surface area (Å²) >= 11 is 1.46. The summed E-state index contributed by atoms with van der Waals surface area (Å²) < 4.78 is 1.65. The first-order valence-corrected chi connectivity index (χ1v) is 9.07. The molecule has 134 valence electrons. The zero-order valence-electron chi connectivity index (χ0n) is 14.3. The van der Waals surface area contributed by atoms with Gasteiger partial charge in [-0.2, -0.15) is 5.10 Å². The van der Waals surface area contributed by atoms with Crippen molar-refractivity contribution in [2.75, 3.05) is 0 Å². The van der Waals surface area contributed by atoms with E-state index < -0.39 is 0 Å². The molecule has 3 heterocycles. The number of carbonyl (C=O) groups excluding carboxylic acids is 1. The van der Waals surface area contributed by atoms with Crippen LogP contribution >= 0.6 is 11.8 Å². The van der Waals surface area contributed by atoms with Crippen LogP contribution in [0.4, 0.5) is 0 Å². The monoisotopic (exact) mass is 370 g/mol. The molecule has 2 aromatic rings. The number of hydrogen-bond acceptors (Lipinski definition) is 6. The van der Waals surface area contributed by atoms with Gasteiger partial charge in [-0.25, -0.2) is 10.4 Å². The summed E-state index contributed by atoms with van der Waals surface area (Å²) in [5.74, 6) is 0.473. The Morgan fingerprint density at radius 3 is 2.92 bits per heavy atom. The molecule has 2 aliphatic rings. The van der Waals surface area contributed by atoms with Gasteiger partial charge in [-0.1, -0.05) is 42.1 Å². The number of hydroxylamine groups is 1. The van der Waals surface area contributed by atoms with Crippen LogP contribution in [-0.2, 0) is 16.2 Å². The molecule has 0 saturated carbocycles. The maximum atomic E-state index is 12.1. The highest BCUT2D eigenvalue weighted by Crippen LogP contribution is 2.38. The van der Waals surface area contributed by atoms with Crippen LogP contribution in [0.2, 0.25) is 0 Å². The molecule has 0 bridgehead atoms. The molecule has 1 aromatic carbocycles. The van der Waals surface area contributed by atoms with Crippen LogP contribution in [0.5, 0.6) is 0 Å². The van der Waals surface area contributed by atoms with Crippen molar-refractivity contribution in [3.63, 3.8) is 0 Å². The van der Waals surface area contributed by atoms with Crippen molar-refractivity contribution in [2.24, 2.45) is 10.1 Å². The van der Waals surface area contributed by atoms with Gasteiger partial charge in [0.2, 0.25) is 5.17 Å². The number of carbonyl (C=O) groups is 1. The lowest BCUT2D eigenvalue weighted by molar-refractivity contribution is -0.121. The molecule has 1 fully saturated rings. The topological polar surface area (TPSA) is 92.9 Å². The summed E-state index contributed by atoms with van der Waals surface area (Å²) in [4.78, 5) is 22.1. The molecule has 0 aliphatic carbocycles. The van der Waals surface area contributed by atoms with Crippen LogP contribution in [-0.4, -0.2) is 31.9 Å². The van der Waals surface area contributed by atoms with Gasteiger partial charge in [0, 0.05) is 5.69 Å². The summed E-state index contributed by atoms with van der Waals surface area (Å²) in [5.41, 5.74) is 8.28. The van der Waals surface area contributed by atoms with Gasteiger partial charge >= 0.3 is 0 Å². The summed E-state index contributed by atoms with van der Waals surface area (Å²) in [6, 6.07) is 11.9. The van der Waals surface area contributed by atoms with E-state index in [0.717, 1.165) is 22.8 Å². The Morgan fingerprint density at radius 2 is 2.19 bits per heavy atom. The number of hydrazone groups is 1. The minimum absolute atomic E-state index is 0.00376. The van der Waals surface area contributed by atoms with E-state index in [9.17, 15) is 4.79 Å². The third-order valence-electron chi connectivity index (χ3n) is 4.08. The fourth-order valence-corrected chi connectivity index (χ4v) is 3.91. The van der Waals surface area contributed by atoms with E-state index in [-0.39, 0.29) is 23.8 Å². The van der Waals surface area contributed by atoms with Crippen LogP contribution < -0.4 is 10.9 Å². The van der Waals surface area contributed by atoms with Crippen LogP contribution in [0.15, 0.2) is 46.5 Å². The van der Waals surface area contributed by atoms with Gasteiger partial charge in [0.25, 0.3) is 5.91 Å². The molecule has 2 unspecified atom stereocenters. The number of amides is 1. The molecule has 0 radical (unpaired) electrons. The van der Waals surface area contributed by atoms with Crippen LogP contribution in [0.25, 0.3) is 0 Å². The molecule has 2 atom stereocenters. The van der Waals surface area contributed by atoms with Gasteiger partial charge in [-0.05, 0) is 25.5 Å². The number of fused-ring (bicyclic) bond motifs is 1. The average Bonchev–Trinajstić information content (AvgIpc) is 3.28. The number of rotatable bonds is 4. The van der Waals surface area contributed by atoms with E-state index in [1.807, 2.05) is 50.2 Å². The molecule has 0 spiro atoms. The van der Waals surface area contributed by atoms with Crippen molar-refractivity contribution in [3.05, 3.63) is 53.3 Å². The third kappa shape index (κ3) is 3.35. The van der Waals surface area contributed by atoms with Gasteiger partial charge in [0.1, 0.15) is 23.7 Å². The fourth-order valence-electron chi connectivity index (χ4n) is 2.89. The van der Waals surface area contributed by atoms with Crippen molar-refractivity contribution in [1.82, 2.24) is 20.7 Å². The molecular formula is C17H18N6O2S. The van der Waals surface area contributed by atoms with Crippen LogP contribution in [0.3, 0.4) is 0 Å². The van der Waals surface area contributed by atoms with E-state index in [2.05, 4.69) is 26.1 Å². The average molecular weight is 370 g/mol. The minimum atomic E-state index is -0.245. The number of thioether (sulfide) groups is 1. The maximum Gasteiger partial charge on any atom is 0.261 e. The van der Waals surface area contributed by atoms with Crippen molar-refractivity contribution in [3.8, 4) is 0 Å². The number of aryl methyl sites for hydroxylation is 2. The highest BCUT2D eigenvalue weighted by molar-refractivity contribution is 8.15. The minimum Gasteiger partial charge on any atom is -0.271 e. The van der Waals surface area contributed by atoms with Gasteiger partial charge in [0.05, 0.1) is 5.69 Å². The lowest BCUT2D eigenvalue weighted by Crippen LogP contribution is -2.25. The fraction of sp³-hybridized carbons (Fsp3) is 0.294. The second-order valence-electron chi connectivity index (χ2n) is 6.10. The molecule has 1 amide bonds. The van der Waals surface area contributed by atoms with Crippen molar-refractivity contribution >= 4 is 28.7 Å². The predicted molar refractivity (Wildman–Crippen MR) is 99.5 cm³/mol. The number of benzene rings is 1. The Morgan fingerprint density at radius 1 is 1.38 bits per heavy atom. The number of nitrogens with one attached hydrogen (secondary N) is 2. The number of amidine groups is 2. The molecule has 8 nitrogen and oxygen atoms in total. The molecule has 26 heavy (non-hydrogen) atoms. The molecule has 4 rings (SSSR count). The first-order valence-electron chi connectivity index (χ1n) is 8.19.